The van der Waals surface area contributed by atoms with E-state index in [1.54, 1.807) is 30.2 Å². The highest BCUT2D eigenvalue weighted by Crippen LogP contribution is 2.51. The van der Waals surface area contributed by atoms with Crippen LogP contribution in [0.25, 0.3) is 10.2 Å². The van der Waals surface area contributed by atoms with Crippen molar-refractivity contribution in [2.45, 2.75) is 31.6 Å². The lowest BCUT2D eigenvalue weighted by atomic mass is 10.3. The Hall–Kier alpha value is -2.49. The number of methoxy groups -OCH3 is 1. The Morgan fingerprint density at radius 1 is 1.15 bits per heavy atom. The van der Waals surface area contributed by atoms with E-state index in [1.807, 2.05) is 49.2 Å². The Balaban J connectivity index is 1.52. The third-order valence-electron chi connectivity index (χ3n) is 5.54. The summed E-state index contributed by atoms with van der Waals surface area (Å²) in [5, 5.41) is 2.71. The minimum absolute atomic E-state index is 0.0241. The summed E-state index contributed by atoms with van der Waals surface area (Å²) in [6.45, 7) is 4.81. The van der Waals surface area contributed by atoms with Gasteiger partial charge in [0.15, 0.2) is 5.17 Å². The van der Waals surface area contributed by atoms with Crippen molar-refractivity contribution < 1.29 is 9.53 Å². The first kappa shape index (κ1) is 22.3. The zero-order valence-corrected chi connectivity index (χ0v) is 21.4. The number of carbonyl (C=O) groups excluding carboxylic acids is 1. The van der Waals surface area contributed by atoms with E-state index in [1.165, 1.54) is 11.8 Å². The molecule has 170 valence electrons. The number of hydrogen-bond donors (Lipinski definition) is 0. The minimum Gasteiger partial charge on any atom is -0.497 e. The van der Waals surface area contributed by atoms with Gasteiger partial charge in [-0.15, -0.1) is 11.3 Å². The second kappa shape index (κ2) is 9.04. The molecule has 1 saturated heterocycles. The van der Waals surface area contributed by atoms with Gasteiger partial charge in [0, 0.05) is 24.6 Å². The molecular weight excluding hydrogens is 472 g/mol. The van der Waals surface area contributed by atoms with Crippen LogP contribution in [0.5, 0.6) is 5.75 Å². The molecule has 3 aromatic rings. The average molecular weight is 497 g/mol. The third-order valence-corrected chi connectivity index (χ3v) is 8.90. The van der Waals surface area contributed by atoms with Crippen LogP contribution in [0.3, 0.4) is 0 Å². The minimum atomic E-state index is 0.0241. The lowest BCUT2D eigenvalue weighted by molar-refractivity contribution is -0.122. The van der Waals surface area contributed by atoms with Gasteiger partial charge in [0.05, 0.1) is 38.7 Å². The average Bonchev–Trinajstić information content (AvgIpc) is 3.44. The first-order valence-corrected chi connectivity index (χ1v) is 13.2. The number of nitrogens with zero attached hydrogens (tertiary/aromatic N) is 4. The number of thiazole rings is 1. The Kier molecular flexibility index (Phi) is 6.11. The number of anilines is 1. The Morgan fingerprint density at radius 2 is 2.00 bits per heavy atom. The number of aliphatic imine (C=N–C) groups is 1. The lowest BCUT2D eigenvalue weighted by Gasteiger charge is -2.16. The fraction of sp³-hybridized carbons (Fsp3) is 0.292. The molecule has 1 aromatic heterocycles. The predicted octanol–water partition coefficient (Wildman–Crippen LogP) is 6.39. The van der Waals surface area contributed by atoms with Crippen LogP contribution in [-0.4, -0.2) is 41.7 Å². The summed E-state index contributed by atoms with van der Waals surface area (Å²) in [7, 11) is 3.67. The molecule has 0 N–H and O–H groups in total. The monoisotopic (exact) mass is 496 g/mol. The molecule has 2 aliphatic rings. The number of ether oxygens (including phenoxy) is 1. The lowest BCUT2D eigenvalue weighted by Crippen LogP contribution is -2.30. The van der Waals surface area contributed by atoms with Gasteiger partial charge in [-0.1, -0.05) is 25.1 Å². The molecule has 2 aliphatic heterocycles. The van der Waals surface area contributed by atoms with Crippen molar-refractivity contribution in [2.75, 3.05) is 25.6 Å². The number of amides is 1. The summed E-state index contributed by atoms with van der Waals surface area (Å²) in [4.78, 5) is 28.7. The maximum absolute atomic E-state index is 13.5. The number of aryl methyl sites for hydroxylation is 1. The number of amidine groups is 1. The van der Waals surface area contributed by atoms with Crippen LogP contribution in [0.2, 0.25) is 0 Å². The highest BCUT2D eigenvalue weighted by molar-refractivity contribution is 8.19. The summed E-state index contributed by atoms with van der Waals surface area (Å²) in [6, 6.07) is 12.0. The molecule has 2 aromatic carbocycles. The highest BCUT2D eigenvalue weighted by Gasteiger charge is 2.39. The zero-order valence-electron chi connectivity index (χ0n) is 18.9. The molecule has 0 aliphatic carbocycles. The highest BCUT2D eigenvalue weighted by atomic mass is 32.2. The van der Waals surface area contributed by atoms with Crippen molar-refractivity contribution in [3.8, 4) is 5.75 Å². The Labute approximate surface area is 205 Å². The molecule has 3 heterocycles. The molecule has 1 amide bonds. The molecule has 0 unspecified atom stereocenters. The third kappa shape index (κ3) is 4.13. The van der Waals surface area contributed by atoms with Gasteiger partial charge in [-0.05, 0) is 55.4 Å². The van der Waals surface area contributed by atoms with E-state index in [0.29, 0.717) is 6.54 Å². The van der Waals surface area contributed by atoms with Crippen molar-refractivity contribution in [2.24, 2.45) is 4.99 Å². The van der Waals surface area contributed by atoms with Crippen LogP contribution in [0.15, 0.2) is 56.2 Å². The second-order valence-corrected chi connectivity index (χ2v) is 11.1. The van der Waals surface area contributed by atoms with E-state index in [9.17, 15) is 4.79 Å². The summed E-state index contributed by atoms with van der Waals surface area (Å²) in [6.07, 6.45) is 1.95. The SMILES string of the molecule is CCCCN1C(=O)/C(=C2/Sc3ccc(OC)cc3N2C)SC1=Nc1ccc2nc(C)sc2c1. The molecular formula is C24H24N4O2S3. The number of aromatic nitrogens is 1. The molecule has 9 heteroatoms. The van der Waals surface area contributed by atoms with E-state index in [4.69, 9.17) is 9.73 Å². The number of fused-ring (bicyclic) bond motifs is 2. The molecule has 0 bridgehead atoms. The zero-order chi connectivity index (χ0) is 23.1. The summed E-state index contributed by atoms with van der Waals surface area (Å²) in [5.41, 5.74) is 2.88. The van der Waals surface area contributed by atoms with Gasteiger partial charge in [-0.3, -0.25) is 9.69 Å². The molecule has 1 fully saturated rings. The van der Waals surface area contributed by atoms with E-state index < -0.39 is 0 Å². The quantitative estimate of drug-likeness (QED) is 0.382. The maximum atomic E-state index is 13.5. The van der Waals surface area contributed by atoms with Crippen molar-refractivity contribution >= 4 is 67.5 Å². The first-order chi connectivity index (χ1) is 16.0. The van der Waals surface area contributed by atoms with Gasteiger partial charge in [-0.2, -0.15) is 0 Å². The number of carbonyl (C=O) groups is 1. The van der Waals surface area contributed by atoms with Gasteiger partial charge in [0.1, 0.15) is 10.7 Å². The van der Waals surface area contributed by atoms with Crippen LogP contribution >= 0.6 is 34.9 Å². The van der Waals surface area contributed by atoms with Gasteiger partial charge in [0.2, 0.25) is 0 Å². The normalized spacial score (nSPS) is 19.3. The van der Waals surface area contributed by atoms with E-state index in [-0.39, 0.29) is 5.91 Å². The molecule has 0 spiro atoms. The van der Waals surface area contributed by atoms with Crippen molar-refractivity contribution in [3.05, 3.63) is 51.3 Å². The fourth-order valence-electron chi connectivity index (χ4n) is 3.79. The number of benzene rings is 2. The number of thioether (sulfide) groups is 2. The molecule has 0 saturated carbocycles. The van der Waals surface area contributed by atoms with Crippen LogP contribution in [-0.2, 0) is 4.79 Å². The van der Waals surface area contributed by atoms with Crippen molar-refractivity contribution in [1.82, 2.24) is 9.88 Å². The molecule has 33 heavy (non-hydrogen) atoms. The van der Waals surface area contributed by atoms with Gasteiger partial charge in [-0.25, -0.2) is 9.98 Å². The smallest absolute Gasteiger partial charge is 0.269 e. The Morgan fingerprint density at radius 3 is 2.79 bits per heavy atom. The topological polar surface area (TPSA) is 58.0 Å². The van der Waals surface area contributed by atoms with Gasteiger partial charge in [0.25, 0.3) is 5.91 Å². The van der Waals surface area contributed by atoms with E-state index in [0.717, 1.165) is 65.2 Å². The Bertz CT molecular complexity index is 1310. The standard InChI is InChI=1S/C24H24N4O2S3/c1-5-6-11-28-22(29)21(23-27(3)18-13-16(30-4)8-10-19(18)32-23)33-24(28)26-15-7-9-17-20(12-15)31-14(2)25-17/h7-10,12-13H,5-6,11H2,1-4H3/b23-21-,26-24?. The van der Waals surface area contributed by atoms with Crippen molar-refractivity contribution in [1.29, 1.82) is 0 Å². The van der Waals surface area contributed by atoms with Crippen LogP contribution < -0.4 is 9.64 Å². The van der Waals surface area contributed by atoms with Gasteiger partial charge < -0.3 is 9.64 Å². The number of rotatable bonds is 5. The number of hydrogen-bond acceptors (Lipinski definition) is 8. The predicted molar refractivity (Wildman–Crippen MR) is 140 cm³/mol. The fourth-order valence-corrected chi connectivity index (χ4v) is 7.00. The van der Waals surface area contributed by atoms with Crippen LogP contribution in [0.4, 0.5) is 11.4 Å². The van der Waals surface area contributed by atoms with E-state index in [2.05, 4.69) is 22.9 Å². The van der Waals surface area contributed by atoms with Gasteiger partial charge >= 0.3 is 0 Å². The number of unbranched alkanes of at least 4 members (excludes halogenated alkanes) is 1. The maximum Gasteiger partial charge on any atom is 0.269 e. The first-order valence-electron chi connectivity index (χ1n) is 10.8. The van der Waals surface area contributed by atoms with Crippen LogP contribution in [0.1, 0.15) is 24.8 Å². The summed E-state index contributed by atoms with van der Waals surface area (Å²) in [5.74, 6) is 0.828. The second-order valence-electron chi connectivity index (χ2n) is 7.82. The molecule has 6 nitrogen and oxygen atoms in total. The molecule has 0 atom stereocenters. The van der Waals surface area contributed by atoms with E-state index >= 15 is 0 Å². The summed E-state index contributed by atoms with van der Waals surface area (Å²) >= 11 is 4.75. The van der Waals surface area contributed by atoms with Crippen LogP contribution in [0, 0.1) is 6.92 Å². The molecule has 5 rings (SSSR count). The summed E-state index contributed by atoms with van der Waals surface area (Å²) < 4.78 is 6.50. The molecule has 0 radical (unpaired) electrons. The largest absolute Gasteiger partial charge is 0.497 e. The van der Waals surface area contributed by atoms with Crippen molar-refractivity contribution in [3.63, 3.8) is 0 Å².